The van der Waals surface area contributed by atoms with Crippen LogP contribution in [0.15, 0.2) is 58.9 Å². The molecule has 7 nitrogen and oxygen atoms in total. The van der Waals surface area contributed by atoms with Gasteiger partial charge in [-0.15, -0.1) is 11.3 Å². The molecule has 0 fully saturated rings. The molecule has 0 unspecified atom stereocenters. The number of benzene rings is 2. The number of nitrogens with one attached hydrogen (secondary N) is 1. The molecule has 10 heteroatoms. The molecule has 174 valence electrons. The minimum Gasteiger partial charge on any atom is -0.396 e. The SMILES string of the molecule is O=C(Nc1ccc(S(=O)(=O)Cc2nccs2)cc1F)[C@H](CCO)N1CCCc2ccccc21. The standard InChI is InChI=1S/C23H24FN3O4S2/c24-18-14-17(33(30,31)15-22-25-10-13-32-22)7-8-19(18)26-23(29)21(9-12-28)27-11-3-5-16-4-1-2-6-20(16)27/h1-2,4,6-8,10,13-14,21,28H,3,5,9,11-12,15H2,(H,26,29)/t21-/m0/s1. The second-order valence-electron chi connectivity index (χ2n) is 7.77. The van der Waals surface area contributed by atoms with Crippen LogP contribution in [0, 0.1) is 5.82 Å². The number of anilines is 2. The monoisotopic (exact) mass is 489 g/mol. The summed E-state index contributed by atoms with van der Waals surface area (Å²) in [7, 11) is -3.77. The zero-order valence-corrected chi connectivity index (χ0v) is 19.4. The maximum Gasteiger partial charge on any atom is 0.247 e. The zero-order chi connectivity index (χ0) is 23.4. The van der Waals surface area contributed by atoms with Gasteiger partial charge >= 0.3 is 0 Å². The Labute approximate surface area is 195 Å². The number of rotatable bonds is 8. The van der Waals surface area contributed by atoms with E-state index in [0.29, 0.717) is 11.6 Å². The fourth-order valence-electron chi connectivity index (χ4n) is 4.01. The summed E-state index contributed by atoms with van der Waals surface area (Å²) < 4.78 is 40.0. The molecule has 1 aliphatic heterocycles. The van der Waals surface area contributed by atoms with Crippen LogP contribution >= 0.6 is 11.3 Å². The van der Waals surface area contributed by atoms with Crippen LogP contribution in [0.4, 0.5) is 15.8 Å². The third kappa shape index (κ3) is 5.23. The Morgan fingerprint density at radius 2 is 2.09 bits per heavy atom. The van der Waals surface area contributed by atoms with Crippen LogP contribution in [0.5, 0.6) is 0 Å². The maximum atomic E-state index is 14.8. The number of aliphatic hydroxyl groups is 1. The Balaban J connectivity index is 1.53. The number of aryl methyl sites for hydroxylation is 1. The Kier molecular flexibility index (Phi) is 7.06. The fraction of sp³-hybridized carbons (Fsp3) is 0.304. The number of aliphatic hydroxyl groups excluding tert-OH is 1. The number of carbonyl (C=O) groups excluding carboxylic acids is 1. The maximum absolute atomic E-state index is 14.8. The number of amides is 1. The van der Waals surface area contributed by atoms with E-state index >= 15 is 0 Å². The van der Waals surface area contributed by atoms with Crippen molar-refractivity contribution in [1.82, 2.24) is 4.98 Å². The van der Waals surface area contributed by atoms with E-state index in [9.17, 15) is 22.7 Å². The van der Waals surface area contributed by atoms with Crippen molar-refractivity contribution in [2.45, 2.75) is 36.0 Å². The molecule has 1 atom stereocenters. The van der Waals surface area contributed by atoms with Gasteiger partial charge < -0.3 is 15.3 Å². The van der Waals surface area contributed by atoms with Crippen molar-refractivity contribution in [3.05, 3.63) is 70.4 Å². The molecular weight excluding hydrogens is 465 g/mol. The van der Waals surface area contributed by atoms with E-state index in [1.807, 2.05) is 29.2 Å². The highest BCUT2D eigenvalue weighted by Crippen LogP contribution is 2.30. The van der Waals surface area contributed by atoms with Gasteiger partial charge in [0.2, 0.25) is 5.91 Å². The lowest BCUT2D eigenvalue weighted by molar-refractivity contribution is -0.117. The van der Waals surface area contributed by atoms with Gasteiger partial charge in [-0.05, 0) is 49.1 Å². The molecule has 1 aliphatic rings. The number of carbonyl (C=O) groups is 1. The normalized spacial score (nSPS) is 14.5. The quantitative estimate of drug-likeness (QED) is 0.503. The van der Waals surface area contributed by atoms with E-state index in [0.717, 1.165) is 30.2 Å². The van der Waals surface area contributed by atoms with E-state index < -0.39 is 27.6 Å². The number of halogens is 1. The summed E-state index contributed by atoms with van der Waals surface area (Å²) in [6, 6.07) is 10.5. The number of aromatic nitrogens is 1. The van der Waals surface area contributed by atoms with Crippen molar-refractivity contribution in [3.63, 3.8) is 0 Å². The van der Waals surface area contributed by atoms with Crippen molar-refractivity contribution in [2.24, 2.45) is 0 Å². The number of fused-ring (bicyclic) bond motifs is 1. The van der Waals surface area contributed by atoms with E-state index in [1.54, 1.807) is 5.38 Å². The smallest absolute Gasteiger partial charge is 0.247 e. The van der Waals surface area contributed by atoms with Crippen LogP contribution in [0.3, 0.4) is 0 Å². The van der Waals surface area contributed by atoms with E-state index in [4.69, 9.17) is 0 Å². The molecular formula is C23H24FN3O4S2. The van der Waals surface area contributed by atoms with Crippen LogP contribution in [-0.2, 0) is 26.8 Å². The summed E-state index contributed by atoms with van der Waals surface area (Å²) in [5, 5.41) is 14.2. The highest BCUT2D eigenvalue weighted by molar-refractivity contribution is 7.90. The van der Waals surface area contributed by atoms with Crippen molar-refractivity contribution in [1.29, 1.82) is 0 Å². The molecule has 2 heterocycles. The van der Waals surface area contributed by atoms with E-state index in [-0.39, 0.29) is 29.4 Å². The summed E-state index contributed by atoms with van der Waals surface area (Å²) >= 11 is 1.21. The number of nitrogens with zero attached hydrogens (tertiary/aromatic N) is 2. The molecule has 0 aliphatic carbocycles. The summed E-state index contributed by atoms with van der Waals surface area (Å²) in [6.07, 6.45) is 3.47. The first kappa shape index (κ1) is 23.3. The largest absolute Gasteiger partial charge is 0.396 e. The Morgan fingerprint density at radius 1 is 1.27 bits per heavy atom. The third-order valence-electron chi connectivity index (χ3n) is 5.58. The van der Waals surface area contributed by atoms with Crippen LogP contribution in [0.25, 0.3) is 0 Å². The molecule has 1 aromatic heterocycles. The second-order valence-corrected chi connectivity index (χ2v) is 10.7. The predicted molar refractivity (Wildman–Crippen MR) is 126 cm³/mol. The average molecular weight is 490 g/mol. The molecule has 2 aromatic carbocycles. The number of hydrogen-bond acceptors (Lipinski definition) is 7. The van der Waals surface area contributed by atoms with Crippen LogP contribution in [0.2, 0.25) is 0 Å². The second kappa shape index (κ2) is 9.98. The Morgan fingerprint density at radius 3 is 2.82 bits per heavy atom. The first-order valence-corrected chi connectivity index (χ1v) is 13.1. The van der Waals surface area contributed by atoms with Crippen LogP contribution in [0.1, 0.15) is 23.4 Å². The van der Waals surface area contributed by atoms with Crippen molar-refractivity contribution in [2.75, 3.05) is 23.4 Å². The first-order valence-electron chi connectivity index (χ1n) is 10.6. The lowest BCUT2D eigenvalue weighted by atomic mass is 9.98. The zero-order valence-electron chi connectivity index (χ0n) is 17.8. The molecule has 0 saturated heterocycles. The van der Waals surface area contributed by atoms with Crippen molar-refractivity contribution >= 4 is 38.5 Å². The van der Waals surface area contributed by atoms with Gasteiger partial charge in [0.05, 0.1) is 10.6 Å². The molecule has 2 N–H and O–H groups in total. The number of para-hydroxylation sites is 1. The van der Waals surface area contributed by atoms with Gasteiger partial charge in [-0.2, -0.15) is 0 Å². The van der Waals surface area contributed by atoms with E-state index in [2.05, 4.69) is 10.3 Å². The summed E-state index contributed by atoms with van der Waals surface area (Å²) in [5.41, 5.74) is 1.95. The van der Waals surface area contributed by atoms with E-state index in [1.165, 1.54) is 29.7 Å². The summed E-state index contributed by atoms with van der Waals surface area (Å²) in [5.74, 6) is -1.62. The first-order chi connectivity index (χ1) is 15.9. The molecule has 0 radical (unpaired) electrons. The van der Waals surface area contributed by atoms with Gasteiger partial charge in [0.25, 0.3) is 0 Å². The van der Waals surface area contributed by atoms with Crippen LogP contribution < -0.4 is 10.2 Å². The Bertz CT molecular complexity index is 1230. The summed E-state index contributed by atoms with van der Waals surface area (Å²) in [4.78, 5) is 18.8. The predicted octanol–water partition coefficient (Wildman–Crippen LogP) is 3.40. The van der Waals surface area contributed by atoms with Gasteiger partial charge in [0.15, 0.2) is 9.84 Å². The third-order valence-corrected chi connectivity index (χ3v) is 8.17. The van der Waals surface area contributed by atoms with Gasteiger partial charge in [-0.3, -0.25) is 4.79 Å². The molecule has 4 rings (SSSR count). The lowest BCUT2D eigenvalue weighted by Crippen LogP contribution is -2.47. The molecule has 1 amide bonds. The molecule has 3 aromatic rings. The lowest BCUT2D eigenvalue weighted by Gasteiger charge is -2.37. The van der Waals surface area contributed by atoms with Gasteiger partial charge in [-0.1, -0.05) is 18.2 Å². The van der Waals surface area contributed by atoms with Crippen molar-refractivity contribution < 1.29 is 22.7 Å². The van der Waals surface area contributed by atoms with Gasteiger partial charge in [0.1, 0.15) is 22.6 Å². The number of thiazole rings is 1. The van der Waals surface area contributed by atoms with Crippen LogP contribution in [-0.4, -0.2) is 43.6 Å². The van der Waals surface area contributed by atoms with Gasteiger partial charge in [-0.25, -0.2) is 17.8 Å². The highest BCUT2D eigenvalue weighted by Gasteiger charge is 2.30. The topological polar surface area (TPSA) is 99.6 Å². The highest BCUT2D eigenvalue weighted by atomic mass is 32.2. The number of hydrogen-bond donors (Lipinski definition) is 2. The molecule has 33 heavy (non-hydrogen) atoms. The Hall–Kier alpha value is -2.82. The summed E-state index contributed by atoms with van der Waals surface area (Å²) in [6.45, 7) is 0.443. The minimum absolute atomic E-state index is 0.110. The molecule has 0 spiro atoms. The number of sulfone groups is 1. The minimum atomic E-state index is -3.77. The average Bonchev–Trinajstić information content (AvgIpc) is 3.30. The van der Waals surface area contributed by atoms with Gasteiger partial charge in [0, 0.05) is 30.4 Å². The van der Waals surface area contributed by atoms with Crippen molar-refractivity contribution in [3.8, 4) is 0 Å². The fourth-order valence-corrected chi connectivity index (χ4v) is 6.28. The molecule has 0 saturated carbocycles. The molecule has 0 bridgehead atoms.